The van der Waals surface area contributed by atoms with Gasteiger partial charge < -0.3 is 10.2 Å². The summed E-state index contributed by atoms with van der Waals surface area (Å²) < 4.78 is 13.3. The monoisotopic (exact) mass is 224 g/mol. The SMILES string of the molecule is CC(C)c1cc(F)cc(NCCN(C)C)c1. The molecule has 0 atom stereocenters. The third-order valence-electron chi connectivity index (χ3n) is 2.47. The molecule has 2 nitrogen and oxygen atoms in total. The van der Waals surface area contributed by atoms with Crippen molar-refractivity contribution in [2.24, 2.45) is 0 Å². The molecule has 0 saturated heterocycles. The summed E-state index contributed by atoms with van der Waals surface area (Å²) >= 11 is 0. The average molecular weight is 224 g/mol. The zero-order valence-electron chi connectivity index (χ0n) is 10.5. The molecule has 0 heterocycles. The molecule has 0 unspecified atom stereocenters. The highest BCUT2D eigenvalue weighted by Crippen LogP contribution is 2.20. The molecule has 0 amide bonds. The number of anilines is 1. The predicted molar refractivity (Wildman–Crippen MR) is 67.5 cm³/mol. The number of hydrogen-bond acceptors (Lipinski definition) is 2. The Hall–Kier alpha value is -1.09. The van der Waals surface area contributed by atoms with Gasteiger partial charge in [0.05, 0.1) is 0 Å². The summed E-state index contributed by atoms with van der Waals surface area (Å²) in [7, 11) is 4.04. The van der Waals surface area contributed by atoms with Gasteiger partial charge in [0.1, 0.15) is 5.82 Å². The summed E-state index contributed by atoms with van der Waals surface area (Å²) in [6.45, 7) is 5.90. The molecule has 0 bridgehead atoms. The number of benzene rings is 1. The Balaban J connectivity index is 2.65. The molecule has 0 aliphatic rings. The van der Waals surface area contributed by atoms with Gasteiger partial charge in [0, 0.05) is 18.8 Å². The average Bonchev–Trinajstić information content (AvgIpc) is 2.16. The first-order chi connectivity index (χ1) is 7.49. The van der Waals surface area contributed by atoms with Crippen molar-refractivity contribution in [3.05, 3.63) is 29.6 Å². The minimum Gasteiger partial charge on any atom is -0.384 e. The summed E-state index contributed by atoms with van der Waals surface area (Å²) in [6, 6.07) is 5.16. The Kier molecular flexibility index (Phi) is 4.74. The molecule has 1 aromatic rings. The van der Waals surface area contributed by atoms with Crippen LogP contribution in [0.3, 0.4) is 0 Å². The van der Waals surface area contributed by atoms with Crippen molar-refractivity contribution in [1.82, 2.24) is 4.90 Å². The molecule has 16 heavy (non-hydrogen) atoms. The van der Waals surface area contributed by atoms with Gasteiger partial charge in [-0.25, -0.2) is 4.39 Å². The zero-order valence-corrected chi connectivity index (χ0v) is 10.5. The van der Waals surface area contributed by atoms with Crippen LogP contribution in [0.1, 0.15) is 25.3 Å². The van der Waals surface area contributed by atoms with Gasteiger partial charge in [-0.05, 0) is 43.8 Å². The first-order valence-electron chi connectivity index (χ1n) is 5.68. The summed E-state index contributed by atoms with van der Waals surface area (Å²) in [5.74, 6) is 0.184. The first-order valence-corrected chi connectivity index (χ1v) is 5.68. The lowest BCUT2D eigenvalue weighted by atomic mass is 10.0. The highest BCUT2D eigenvalue weighted by molar-refractivity contribution is 5.47. The van der Waals surface area contributed by atoms with Crippen LogP contribution in [0.5, 0.6) is 0 Å². The van der Waals surface area contributed by atoms with Crippen LogP contribution >= 0.6 is 0 Å². The molecule has 90 valence electrons. The Labute approximate surface area is 97.5 Å². The van der Waals surface area contributed by atoms with E-state index in [-0.39, 0.29) is 5.82 Å². The lowest BCUT2D eigenvalue weighted by Gasteiger charge is -2.13. The number of halogens is 1. The normalized spacial score (nSPS) is 11.2. The van der Waals surface area contributed by atoms with Crippen LogP contribution in [-0.2, 0) is 0 Å². The maximum Gasteiger partial charge on any atom is 0.125 e. The van der Waals surface area contributed by atoms with Gasteiger partial charge in [-0.3, -0.25) is 0 Å². The lowest BCUT2D eigenvalue weighted by molar-refractivity contribution is 0.425. The fourth-order valence-corrected chi connectivity index (χ4v) is 1.47. The zero-order chi connectivity index (χ0) is 12.1. The topological polar surface area (TPSA) is 15.3 Å². The molecule has 1 aromatic carbocycles. The number of nitrogens with zero attached hydrogens (tertiary/aromatic N) is 1. The standard InChI is InChI=1S/C13H21FN2/c1-10(2)11-7-12(14)9-13(8-11)15-5-6-16(3)4/h7-10,15H,5-6H2,1-4H3. The second-order valence-corrected chi connectivity index (χ2v) is 4.66. The molecule has 0 aliphatic carbocycles. The Morgan fingerprint density at radius 2 is 1.94 bits per heavy atom. The molecule has 0 aliphatic heterocycles. The van der Waals surface area contributed by atoms with Crippen LogP contribution < -0.4 is 5.32 Å². The molecule has 1 N–H and O–H groups in total. The van der Waals surface area contributed by atoms with Crippen LogP contribution in [0.15, 0.2) is 18.2 Å². The van der Waals surface area contributed by atoms with E-state index in [1.54, 1.807) is 12.1 Å². The quantitative estimate of drug-likeness (QED) is 0.827. The molecule has 0 fully saturated rings. The van der Waals surface area contributed by atoms with Crippen molar-refractivity contribution in [1.29, 1.82) is 0 Å². The van der Waals surface area contributed by atoms with Gasteiger partial charge in [0.2, 0.25) is 0 Å². The third kappa shape index (κ3) is 4.19. The van der Waals surface area contributed by atoms with E-state index < -0.39 is 0 Å². The minimum absolute atomic E-state index is 0.168. The van der Waals surface area contributed by atoms with Gasteiger partial charge in [0.15, 0.2) is 0 Å². The number of likely N-dealkylation sites (N-methyl/N-ethyl adjacent to an activating group) is 1. The Morgan fingerprint density at radius 1 is 1.25 bits per heavy atom. The van der Waals surface area contributed by atoms with Crippen molar-refractivity contribution in [2.45, 2.75) is 19.8 Å². The smallest absolute Gasteiger partial charge is 0.125 e. The van der Waals surface area contributed by atoms with Crippen molar-refractivity contribution >= 4 is 5.69 Å². The molecule has 1 rings (SSSR count). The first kappa shape index (κ1) is 13.0. The van der Waals surface area contributed by atoms with Crippen molar-refractivity contribution in [3.8, 4) is 0 Å². The molecule has 0 saturated carbocycles. The summed E-state index contributed by atoms with van der Waals surface area (Å²) in [5, 5.41) is 3.23. The van der Waals surface area contributed by atoms with Crippen LogP contribution in [-0.4, -0.2) is 32.1 Å². The molecular weight excluding hydrogens is 203 g/mol. The second kappa shape index (κ2) is 5.85. The number of nitrogens with one attached hydrogen (secondary N) is 1. The van der Waals surface area contributed by atoms with Crippen molar-refractivity contribution in [2.75, 3.05) is 32.5 Å². The summed E-state index contributed by atoms with van der Waals surface area (Å²) in [5.41, 5.74) is 1.90. The van der Waals surface area contributed by atoms with Crippen LogP contribution in [0.2, 0.25) is 0 Å². The number of hydrogen-bond donors (Lipinski definition) is 1. The molecule has 0 spiro atoms. The Morgan fingerprint density at radius 3 is 2.50 bits per heavy atom. The highest BCUT2D eigenvalue weighted by Gasteiger charge is 2.04. The minimum atomic E-state index is -0.168. The predicted octanol–water partition coefficient (Wildman–Crippen LogP) is 2.92. The van der Waals surface area contributed by atoms with Gasteiger partial charge in [0.25, 0.3) is 0 Å². The van der Waals surface area contributed by atoms with Crippen LogP contribution in [0, 0.1) is 5.82 Å². The van der Waals surface area contributed by atoms with Gasteiger partial charge in [-0.1, -0.05) is 13.8 Å². The number of rotatable bonds is 5. The van der Waals surface area contributed by atoms with E-state index >= 15 is 0 Å². The molecule has 3 heteroatoms. The van der Waals surface area contributed by atoms with Crippen molar-refractivity contribution in [3.63, 3.8) is 0 Å². The molecular formula is C13H21FN2. The lowest BCUT2D eigenvalue weighted by Crippen LogP contribution is -2.20. The summed E-state index contributed by atoms with van der Waals surface area (Å²) in [4.78, 5) is 2.09. The fourth-order valence-electron chi connectivity index (χ4n) is 1.47. The van der Waals surface area contributed by atoms with Gasteiger partial charge in [-0.2, -0.15) is 0 Å². The summed E-state index contributed by atoms with van der Waals surface area (Å²) in [6.07, 6.45) is 0. The van der Waals surface area contributed by atoms with E-state index in [0.717, 1.165) is 24.3 Å². The van der Waals surface area contributed by atoms with Crippen LogP contribution in [0.25, 0.3) is 0 Å². The maximum atomic E-state index is 13.3. The molecule has 0 radical (unpaired) electrons. The maximum absolute atomic E-state index is 13.3. The van der Waals surface area contributed by atoms with Crippen LogP contribution in [0.4, 0.5) is 10.1 Å². The second-order valence-electron chi connectivity index (χ2n) is 4.66. The van der Waals surface area contributed by atoms with Gasteiger partial charge in [-0.15, -0.1) is 0 Å². The van der Waals surface area contributed by atoms with E-state index in [0.29, 0.717) is 5.92 Å². The van der Waals surface area contributed by atoms with E-state index in [1.807, 2.05) is 20.2 Å². The van der Waals surface area contributed by atoms with Crippen molar-refractivity contribution < 1.29 is 4.39 Å². The van der Waals surface area contributed by atoms with E-state index in [4.69, 9.17) is 0 Å². The largest absolute Gasteiger partial charge is 0.384 e. The van der Waals surface area contributed by atoms with E-state index in [9.17, 15) is 4.39 Å². The van der Waals surface area contributed by atoms with E-state index in [2.05, 4.69) is 24.1 Å². The van der Waals surface area contributed by atoms with E-state index in [1.165, 1.54) is 0 Å². The Bertz CT molecular complexity index is 335. The van der Waals surface area contributed by atoms with Gasteiger partial charge >= 0.3 is 0 Å². The third-order valence-corrected chi connectivity index (χ3v) is 2.47. The fraction of sp³-hybridized carbons (Fsp3) is 0.538. The highest BCUT2D eigenvalue weighted by atomic mass is 19.1. The molecule has 0 aromatic heterocycles.